The molecule has 0 saturated heterocycles. The third kappa shape index (κ3) is 3.20. The molecule has 0 aromatic carbocycles. The molecule has 0 bridgehead atoms. The molecule has 0 aromatic rings. The second-order valence-electron chi connectivity index (χ2n) is 4.90. The van der Waals surface area contributed by atoms with Gasteiger partial charge < -0.3 is 9.84 Å². The lowest BCUT2D eigenvalue weighted by atomic mass is 9.88. The fraction of sp³-hybridized carbons (Fsp3) is 0.917. The maximum atomic E-state index is 11.1. The highest BCUT2D eigenvalue weighted by Gasteiger charge is 2.36. The summed E-state index contributed by atoms with van der Waals surface area (Å²) in [6, 6.07) is 0. The van der Waals surface area contributed by atoms with Gasteiger partial charge in [0.05, 0.1) is 6.10 Å². The summed E-state index contributed by atoms with van der Waals surface area (Å²) in [4.78, 5) is 11.1. The first-order valence-electron chi connectivity index (χ1n) is 5.89. The number of carboxylic acid groups (broad SMARTS) is 1. The summed E-state index contributed by atoms with van der Waals surface area (Å²) >= 11 is 0. The number of aliphatic carboxylic acids is 1. The van der Waals surface area contributed by atoms with E-state index in [0.29, 0.717) is 12.3 Å². The molecule has 0 spiro atoms. The van der Waals surface area contributed by atoms with Crippen molar-refractivity contribution in [2.24, 2.45) is 5.92 Å². The minimum Gasteiger partial charge on any atom is -0.479 e. The molecule has 1 rings (SSSR count). The lowest BCUT2D eigenvalue weighted by Crippen LogP contribution is -2.42. The second-order valence-corrected chi connectivity index (χ2v) is 4.90. The lowest BCUT2D eigenvalue weighted by molar-refractivity contribution is -0.174. The maximum Gasteiger partial charge on any atom is 0.335 e. The van der Waals surface area contributed by atoms with Crippen LogP contribution in [-0.4, -0.2) is 22.8 Å². The Morgan fingerprint density at radius 3 is 2.67 bits per heavy atom. The van der Waals surface area contributed by atoms with E-state index in [1.807, 2.05) is 6.92 Å². The van der Waals surface area contributed by atoms with Crippen molar-refractivity contribution in [2.45, 2.75) is 64.6 Å². The SMILES string of the molecule is CCC(C)(OC1CCCC(C)C1)C(=O)O. The first kappa shape index (κ1) is 12.5. The summed E-state index contributed by atoms with van der Waals surface area (Å²) in [7, 11) is 0. The van der Waals surface area contributed by atoms with E-state index in [4.69, 9.17) is 9.84 Å². The topological polar surface area (TPSA) is 46.5 Å². The van der Waals surface area contributed by atoms with Crippen LogP contribution in [0.1, 0.15) is 52.9 Å². The highest BCUT2D eigenvalue weighted by molar-refractivity contribution is 5.76. The molecule has 3 unspecified atom stereocenters. The molecule has 1 aliphatic carbocycles. The summed E-state index contributed by atoms with van der Waals surface area (Å²) < 4.78 is 5.76. The molecule has 1 N–H and O–H groups in total. The summed E-state index contributed by atoms with van der Waals surface area (Å²) in [5.41, 5.74) is -0.998. The standard InChI is InChI=1S/C12H22O3/c1-4-12(3,11(13)14)15-10-7-5-6-9(2)8-10/h9-10H,4-8H2,1-3H3,(H,13,14). The van der Waals surface area contributed by atoms with E-state index in [1.54, 1.807) is 6.92 Å². The second kappa shape index (κ2) is 4.97. The summed E-state index contributed by atoms with van der Waals surface area (Å²) in [5.74, 6) is -0.179. The predicted molar refractivity (Wildman–Crippen MR) is 58.8 cm³/mol. The van der Waals surface area contributed by atoms with Crippen LogP contribution in [0.25, 0.3) is 0 Å². The van der Waals surface area contributed by atoms with Gasteiger partial charge >= 0.3 is 5.97 Å². The van der Waals surface area contributed by atoms with Gasteiger partial charge in [-0.1, -0.05) is 26.7 Å². The Balaban J connectivity index is 2.54. The van der Waals surface area contributed by atoms with Gasteiger partial charge in [0, 0.05) is 0 Å². The quantitative estimate of drug-likeness (QED) is 0.782. The minimum atomic E-state index is -0.998. The van der Waals surface area contributed by atoms with Crippen LogP contribution in [0.2, 0.25) is 0 Å². The molecule has 1 aliphatic rings. The van der Waals surface area contributed by atoms with Crippen LogP contribution in [0.3, 0.4) is 0 Å². The average molecular weight is 214 g/mol. The molecule has 0 amide bonds. The predicted octanol–water partition coefficient (Wildman–Crippen LogP) is 2.84. The normalized spacial score (nSPS) is 30.9. The van der Waals surface area contributed by atoms with E-state index in [1.165, 1.54) is 6.42 Å². The van der Waals surface area contributed by atoms with Crippen LogP contribution < -0.4 is 0 Å². The van der Waals surface area contributed by atoms with Gasteiger partial charge in [0.25, 0.3) is 0 Å². The van der Waals surface area contributed by atoms with Crippen molar-refractivity contribution in [1.82, 2.24) is 0 Å². The molecule has 0 aliphatic heterocycles. The molecule has 0 heterocycles. The number of ether oxygens (including phenoxy) is 1. The number of rotatable bonds is 4. The molecule has 88 valence electrons. The first-order valence-corrected chi connectivity index (χ1v) is 5.89. The van der Waals surface area contributed by atoms with Crippen molar-refractivity contribution < 1.29 is 14.6 Å². The van der Waals surface area contributed by atoms with Gasteiger partial charge in [0.15, 0.2) is 5.60 Å². The van der Waals surface area contributed by atoms with Gasteiger partial charge in [-0.25, -0.2) is 4.79 Å². The Morgan fingerprint density at radius 2 is 2.20 bits per heavy atom. The molecule has 3 nitrogen and oxygen atoms in total. The molecule has 15 heavy (non-hydrogen) atoms. The fourth-order valence-electron chi connectivity index (χ4n) is 2.14. The zero-order valence-corrected chi connectivity index (χ0v) is 9.95. The highest BCUT2D eigenvalue weighted by atomic mass is 16.5. The van der Waals surface area contributed by atoms with Crippen molar-refractivity contribution >= 4 is 5.97 Å². The smallest absolute Gasteiger partial charge is 0.335 e. The zero-order valence-electron chi connectivity index (χ0n) is 9.95. The lowest BCUT2D eigenvalue weighted by Gasteiger charge is -2.33. The first-order chi connectivity index (χ1) is 6.98. The fourth-order valence-corrected chi connectivity index (χ4v) is 2.14. The molecule has 1 fully saturated rings. The number of carbonyl (C=O) groups is 1. The molecule has 0 radical (unpaired) electrons. The number of carboxylic acids is 1. The van der Waals surface area contributed by atoms with Crippen molar-refractivity contribution in [3.63, 3.8) is 0 Å². The zero-order chi connectivity index (χ0) is 11.5. The molecular weight excluding hydrogens is 192 g/mol. The van der Waals surface area contributed by atoms with Crippen molar-refractivity contribution in [1.29, 1.82) is 0 Å². The molecule has 3 heteroatoms. The van der Waals surface area contributed by atoms with Gasteiger partial charge in [-0.3, -0.25) is 0 Å². The summed E-state index contributed by atoms with van der Waals surface area (Å²) in [6.45, 7) is 5.74. The van der Waals surface area contributed by atoms with E-state index in [0.717, 1.165) is 19.3 Å². The summed E-state index contributed by atoms with van der Waals surface area (Å²) in [6.07, 6.45) is 5.07. The average Bonchev–Trinajstić information content (AvgIpc) is 2.17. The third-order valence-corrected chi connectivity index (χ3v) is 3.44. The Bertz CT molecular complexity index is 227. The minimum absolute atomic E-state index is 0.134. The van der Waals surface area contributed by atoms with E-state index < -0.39 is 11.6 Å². The molecule has 3 atom stereocenters. The molecule has 1 saturated carbocycles. The van der Waals surface area contributed by atoms with Crippen molar-refractivity contribution in [3.05, 3.63) is 0 Å². The summed E-state index contributed by atoms with van der Waals surface area (Å²) in [5, 5.41) is 9.10. The van der Waals surface area contributed by atoms with E-state index in [2.05, 4.69) is 6.92 Å². The van der Waals surface area contributed by atoms with Crippen LogP contribution in [0, 0.1) is 5.92 Å². The van der Waals surface area contributed by atoms with Gasteiger partial charge in [-0.05, 0) is 32.1 Å². The Hall–Kier alpha value is -0.570. The van der Waals surface area contributed by atoms with Crippen LogP contribution >= 0.6 is 0 Å². The Labute approximate surface area is 91.8 Å². The van der Waals surface area contributed by atoms with Gasteiger partial charge in [-0.15, -0.1) is 0 Å². The Morgan fingerprint density at radius 1 is 1.53 bits per heavy atom. The Kier molecular flexibility index (Phi) is 4.14. The monoisotopic (exact) mass is 214 g/mol. The number of hydrogen-bond acceptors (Lipinski definition) is 2. The van der Waals surface area contributed by atoms with E-state index >= 15 is 0 Å². The van der Waals surface area contributed by atoms with Gasteiger partial charge in [0.1, 0.15) is 0 Å². The van der Waals surface area contributed by atoms with Gasteiger partial charge in [0.2, 0.25) is 0 Å². The molecular formula is C12H22O3. The third-order valence-electron chi connectivity index (χ3n) is 3.44. The highest BCUT2D eigenvalue weighted by Crippen LogP contribution is 2.30. The van der Waals surface area contributed by atoms with Crippen LogP contribution in [0.15, 0.2) is 0 Å². The maximum absolute atomic E-state index is 11.1. The van der Waals surface area contributed by atoms with E-state index in [9.17, 15) is 4.79 Å². The van der Waals surface area contributed by atoms with Gasteiger partial charge in [-0.2, -0.15) is 0 Å². The van der Waals surface area contributed by atoms with Crippen LogP contribution in [0.4, 0.5) is 0 Å². The van der Waals surface area contributed by atoms with Crippen LogP contribution in [0.5, 0.6) is 0 Å². The largest absolute Gasteiger partial charge is 0.479 e. The molecule has 0 aromatic heterocycles. The van der Waals surface area contributed by atoms with E-state index in [-0.39, 0.29) is 6.10 Å². The van der Waals surface area contributed by atoms with Crippen molar-refractivity contribution in [3.8, 4) is 0 Å². The number of hydrogen-bond donors (Lipinski definition) is 1. The van der Waals surface area contributed by atoms with Crippen LogP contribution in [-0.2, 0) is 9.53 Å². The van der Waals surface area contributed by atoms with Crippen molar-refractivity contribution in [2.75, 3.05) is 0 Å².